The number of hydrogen-bond donors (Lipinski definition) is 1. The summed E-state index contributed by atoms with van der Waals surface area (Å²) in [4.78, 5) is 6.46. The summed E-state index contributed by atoms with van der Waals surface area (Å²) >= 11 is 0. The van der Waals surface area contributed by atoms with E-state index in [0.29, 0.717) is 12.5 Å². The molecular weight excluding hydrogens is 236 g/mol. The van der Waals surface area contributed by atoms with Gasteiger partial charge in [0.15, 0.2) is 0 Å². The minimum Gasteiger partial charge on any atom is -0.357 e. The number of hydrogen-bond acceptors (Lipinski definition) is 4. The summed E-state index contributed by atoms with van der Waals surface area (Å²) in [6.45, 7) is 3.65. The highest BCUT2D eigenvalue weighted by Gasteiger charge is 2.32. The van der Waals surface area contributed by atoms with E-state index in [1.807, 2.05) is 5.06 Å². The molecule has 0 fully saturated rings. The minimum absolute atomic E-state index is 0.505. The predicted octanol–water partition coefficient (Wildman–Crippen LogP) is 2.07. The van der Waals surface area contributed by atoms with Crippen LogP contribution >= 0.6 is 0 Å². The van der Waals surface area contributed by atoms with Crippen LogP contribution in [0.25, 0.3) is 0 Å². The van der Waals surface area contributed by atoms with Crippen molar-refractivity contribution in [1.29, 1.82) is 0 Å². The molecule has 2 aliphatic heterocycles. The van der Waals surface area contributed by atoms with Gasteiger partial charge in [-0.1, -0.05) is 39.0 Å². The lowest BCUT2D eigenvalue weighted by atomic mass is 10.1. The normalized spacial score (nSPS) is 23.1. The van der Waals surface area contributed by atoms with Crippen molar-refractivity contribution >= 4 is 10.8 Å². The molecule has 0 aromatic carbocycles. The summed E-state index contributed by atoms with van der Waals surface area (Å²) in [5.74, 6) is 1.53. The van der Waals surface area contributed by atoms with E-state index in [9.17, 15) is 4.21 Å². The molecule has 0 saturated heterocycles. The van der Waals surface area contributed by atoms with E-state index < -0.39 is 10.8 Å². The van der Waals surface area contributed by atoms with Gasteiger partial charge in [-0.25, -0.2) is 5.06 Å². The van der Waals surface area contributed by atoms with Crippen LogP contribution in [0.2, 0.25) is 0 Å². The van der Waals surface area contributed by atoms with Crippen molar-refractivity contribution in [3.8, 4) is 0 Å². The predicted molar refractivity (Wildman–Crippen MR) is 69.2 cm³/mol. The van der Waals surface area contributed by atoms with Crippen LogP contribution in [0.1, 0.15) is 45.4 Å². The molecule has 0 amide bonds. The maximum atomic E-state index is 11.5. The second-order valence-corrected chi connectivity index (χ2v) is 6.05. The van der Waals surface area contributed by atoms with E-state index in [4.69, 9.17) is 4.84 Å². The van der Waals surface area contributed by atoms with Gasteiger partial charge in [0.2, 0.25) is 0 Å². The molecule has 0 spiro atoms. The van der Waals surface area contributed by atoms with Gasteiger partial charge in [0.05, 0.1) is 21.6 Å². The highest BCUT2D eigenvalue weighted by Crippen LogP contribution is 2.25. The minimum atomic E-state index is -0.859. The van der Waals surface area contributed by atoms with E-state index in [0.717, 1.165) is 23.7 Å². The van der Waals surface area contributed by atoms with Crippen LogP contribution < -0.4 is 5.32 Å². The van der Waals surface area contributed by atoms with Crippen molar-refractivity contribution in [2.45, 2.75) is 45.4 Å². The van der Waals surface area contributed by atoms with Gasteiger partial charge in [-0.3, -0.25) is 9.05 Å². The molecule has 2 rings (SSSR count). The lowest BCUT2D eigenvalue weighted by molar-refractivity contribution is -0.105. The third-order valence-electron chi connectivity index (χ3n) is 3.23. The Kier molecular flexibility index (Phi) is 4.86. The first kappa shape index (κ1) is 12.9. The first-order valence-corrected chi connectivity index (χ1v) is 7.90. The summed E-state index contributed by atoms with van der Waals surface area (Å²) in [6.07, 6.45) is 7.69. The summed E-state index contributed by atoms with van der Waals surface area (Å²) in [7, 11) is -0.859. The average molecular weight is 258 g/mol. The molecule has 5 heteroatoms. The fourth-order valence-electron chi connectivity index (χ4n) is 2.20. The van der Waals surface area contributed by atoms with E-state index in [1.54, 1.807) is 0 Å². The maximum absolute atomic E-state index is 11.5. The van der Waals surface area contributed by atoms with Crippen LogP contribution in [0, 0.1) is 0 Å². The second kappa shape index (κ2) is 6.40. The third-order valence-corrected chi connectivity index (χ3v) is 4.49. The van der Waals surface area contributed by atoms with Crippen molar-refractivity contribution in [2.75, 3.05) is 19.0 Å². The lowest BCUT2D eigenvalue weighted by Crippen LogP contribution is -2.28. The average Bonchev–Trinajstić information content (AvgIpc) is 2.88. The first-order valence-electron chi connectivity index (χ1n) is 6.58. The van der Waals surface area contributed by atoms with Crippen molar-refractivity contribution < 1.29 is 9.05 Å². The molecule has 98 valence electrons. The Hall–Kier alpha value is -0.550. The largest absolute Gasteiger partial charge is 0.357 e. The van der Waals surface area contributed by atoms with Crippen LogP contribution in [-0.2, 0) is 15.6 Å². The topological polar surface area (TPSA) is 41.6 Å². The van der Waals surface area contributed by atoms with E-state index >= 15 is 0 Å². The van der Waals surface area contributed by atoms with Gasteiger partial charge in [0.1, 0.15) is 12.4 Å². The first-order chi connectivity index (χ1) is 8.33. The number of hydroxylamine groups is 2. The zero-order chi connectivity index (χ0) is 12.1. The molecular formula is C12H22N2O2S. The number of unbranched alkanes of at least 4 members (excludes halogenated alkanes) is 5. The molecule has 1 N–H and O–H groups in total. The van der Waals surface area contributed by atoms with Crippen molar-refractivity contribution in [3.63, 3.8) is 0 Å². The monoisotopic (exact) mass is 258 g/mol. The van der Waals surface area contributed by atoms with Crippen LogP contribution in [0.5, 0.6) is 0 Å². The molecule has 1 unspecified atom stereocenters. The summed E-state index contributed by atoms with van der Waals surface area (Å²) in [5, 5.41) is 5.05. The quantitative estimate of drug-likeness (QED) is 0.710. The molecule has 4 nitrogen and oxygen atoms in total. The van der Waals surface area contributed by atoms with Gasteiger partial charge in [-0.05, 0) is 6.42 Å². The Morgan fingerprint density at radius 1 is 1.29 bits per heavy atom. The lowest BCUT2D eigenvalue weighted by Gasteiger charge is -2.19. The van der Waals surface area contributed by atoms with E-state index in [2.05, 4.69) is 12.2 Å². The van der Waals surface area contributed by atoms with E-state index in [1.165, 1.54) is 32.1 Å². The van der Waals surface area contributed by atoms with Crippen molar-refractivity contribution in [3.05, 3.63) is 10.7 Å². The van der Waals surface area contributed by atoms with Crippen molar-refractivity contribution in [1.82, 2.24) is 10.4 Å². The summed E-state index contributed by atoms with van der Waals surface area (Å²) < 4.78 is 11.5. The van der Waals surface area contributed by atoms with Gasteiger partial charge >= 0.3 is 0 Å². The molecule has 2 aliphatic rings. The Morgan fingerprint density at radius 2 is 2.06 bits per heavy atom. The van der Waals surface area contributed by atoms with Crippen molar-refractivity contribution in [2.24, 2.45) is 0 Å². The highest BCUT2D eigenvalue weighted by atomic mass is 32.2. The standard InChI is InChI=1S/C12H22N2O2S/c1-2-3-4-5-6-7-8-14-12-11(9-16-14)17(15)10-13-12/h13H,2-10H2,1H3. The maximum Gasteiger partial charge on any atom is 0.142 e. The van der Waals surface area contributed by atoms with Gasteiger partial charge in [0.25, 0.3) is 0 Å². The second-order valence-electron chi connectivity index (χ2n) is 4.58. The fraction of sp³-hybridized carbons (Fsp3) is 0.833. The van der Waals surface area contributed by atoms with Crippen LogP contribution in [0.3, 0.4) is 0 Å². The molecule has 0 radical (unpaired) electrons. The van der Waals surface area contributed by atoms with Crippen LogP contribution in [0.4, 0.5) is 0 Å². The molecule has 17 heavy (non-hydrogen) atoms. The molecule has 0 bridgehead atoms. The fourth-order valence-corrected chi connectivity index (χ4v) is 3.22. The van der Waals surface area contributed by atoms with Crippen LogP contribution in [-0.4, -0.2) is 28.3 Å². The summed E-state index contributed by atoms with van der Waals surface area (Å²) in [6, 6.07) is 0. The summed E-state index contributed by atoms with van der Waals surface area (Å²) in [5.41, 5.74) is 0. The SMILES string of the molecule is CCCCCCCCN1OCC2=C1NCS2=O. The number of rotatable bonds is 7. The molecule has 0 saturated carbocycles. The van der Waals surface area contributed by atoms with Gasteiger partial charge in [-0.15, -0.1) is 0 Å². The Balaban J connectivity index is 1.64. The number of nitrogens with one attached hydrogen (secondary N) is 1. The smallest absolute Gasteiger partial charge is 0.142 e. The molecule has 0 aromatic heterocycles. The van der Waals surface area contributed by atoms with Crippen LogP contribution in [0.15, 0.2) is 10.7 Å². The van der Waals surface area contributed by atoms with Gasteiger partial charge in [-0.2, -0.15) is 0 Å². The third kappa shape index (κ3) is 3.22. The Bertz CT molecular complexity index is 318. The molecule has 0 aliphatic carbocycles. The Labute approximate surface area is 106 Å². The zero-order valence-corrected chi connectivity index (χ0v) is 11.4. The Morgan fingerprint density at radius 3 is 2.88 bits per heavy atom. The highest BCUT2D eigenvalue weighted by molar-refractivity contribution is 7.89. The molecule has 2 heterocycles. The van der Waals surface area contributed by atoms with Gasteiger partial charge < -0.3 is 5.32 Å². The van der Waals surface area contributed by atoms with E-state index in [-0.39, 0.29) is 0 Å². The molecule has 0 aromatic rings. The number of nitrogens with zero attached hydrogens (tertiary/aromatic N) is 1. The van der Waals surface area contributed by atoms with Gasteiger partial charge in [0, 0.05) is 6.54 Å². The zero-order valence-electron chi connectivity index (χ0n) is 10.5. The molecule has 1 atom stereocenters.